The number of hydrogen-bond acceptors (Lipinski definition) is 2. The minimum absolute atomic E-state index is 0.00727. The van der Waals surface area contributed by atoms with Gasteiger partial charge in [-0.05, 0) is 31.6 Å². The van der Waals surface area contributed by atoms with E-state index in [2.05, 4.69) is 0 Å². The maximum absolute atomic E-state index is 13.1. The molecule has 0 heterocycles. The highest BCUT2D eigenvalue weighted by Crippen LogP contribution is 2.39. The van der Waals surface area contributed by atoms with Gasteiger partial charge in [0.15, 0.2) is 0 Å². The van der Waals surface area contributed by atoms with Gasteiger partial charge in [0.05, 0.1) is 0 Å². The van der Waals surface area contributed by atoms with Gasteiger partial charge < -0.3 is 10.6 Å². The van der Waals surface area contributed by atoms with E-state index in [0.717, 1.165) is 12.8 Å². The van der Waals surface area contributed by atoms with Crippen LogP contribution in [-0.2, 0) is 4.79 Å². The number of halogens is 2. The fourth-order valence-corrected chi connectivity index (χ4v) is 2.89. The molecule has 2 saturated carbocycles. The van der Waals surface area contributed by atoms with E-state index in [4.69, 9.17) is 5.73 Å². The Morgan fingerprint density at radius 1 is 1.33 bits per heavy atom. The van der Waals surface area contributed by atoms with Crippen LogP contribution in [-0.4, -0.2) is 36.4 Å². The number of nitrogens with two attached hydrogens (primary N) is 1. The molecule has 0 aromatic rings. The summed E-state index contributed by atoms with van der Waals surface area (Å²) in [4.78, 5) is 14.0. The van der Waals surface area contributed by atoms with E-state index in [-0.39, 0.29) is 30.7 Å². The van der Waals surface area contributed by atoms with Crippen LogP contribution < -0.4 is 5.73 Å². The molecule has 0 bridgehead atoms. The second kappa shape index (κ2) is 5.11. The minimum Gasteiger partial charge on any atom is -0.341 e. The van der Waals surface area contributed by atoms with Gasteiger partial charge in [-0.3, -0.25) is 4.79 Å². The average molecular weight is 260 g/mol. The van der Waals surface area contributed by atoms with Gasteiger partial charge in [-0.1, -0.05) is 0 Å². The second-order valence-electron chi connectivity index (χ2n) is 5.72. The monoisotopic (exact) mass is 260 g/mol. The summed E-state index contributed by atoms with van der Waals surface area (Å²) in [6.07, 6.45) is 2.54. The van der Waals surface area contributed by atoms with Crippen LogP contribution in [0.4, 0.5) is 8.78 Å². The molecule has 18 heavy (non-hydrogen) atoms. The van der Waals surface area contributed by atoms with Gasteiger partial charge >= 0.3 is 0 Å². The van der Waals surface area contributed by atoms with Gasteiger partial charge in [-0.2, -0.15) is 0 Å². The number of likely N-dealkylation sites (N-methyl/N-ethyl adjacent to an activating group) is 1. The van der Waals surface area contributed by atoms with Crippen molar-refractivity contribution >= 4 is 5.91 Å². The lowest BCUT2D eigenvalue weighted by Crippen LogP contribution is -2.46. The Kier molecular flexibility index (Phi) is 3.90. The zero-order valence-corrected chi connectivity index (χ0v) is 10.9. The molecular weight excluding hydrogens is 238 g/mol. The van der Waals surface area contributed by atoms with Gasteiger partial charge in [0, 0.05) is 38.4 Å². The quantitative estimate of drug-likeness (QED) is 0.840. The number of alkyl halides is 2. The zero-order valence-electron chi connectivity index (χ0n) is 10.9. The molecule has 2 aliphatic carbocycles. The van der Waals surface area contributed by atoms with Crippen molar-refractivity contribution in [3.05, 3.63) is 0 Å². The normalized spacial score (nSPS) is 25.8. The standard InChI is InChI=1S/C13H22F2N2O/c1-17(11(8-16)9-2-3-9)12(18)10-4-6-13(14,15)7-5-10/h9-11H,2-8,16H2,1H3. The van der Waals surface area contributed by atoms with Crippen LogP contribution in [0.25, 0.3) is 0 Å². The van der Waals surface area contributed by atoms with E-state index >= 15 is 0 Å². The molecule has 1 atom stereocenters. The third-order valence-electron chi connectivity index (χ3n) is 4.32. The number of nitrogens with zero attached hydrogens (tertiary/aromatic N) is 1. The Morgan fingerprint density at radius 2 is 1.89 bits per heavy atom. The van der Waals surface area contributed by atoms with Crippen molar-refractivity contribution < 1.29 is 13.6 Å². The number of amides is 1. The highest BCUT2D eigenvalue weighted by atomic mass is 19.3. The third kappa shape index (κ3) is 2.99. The SMILES string of the molecule is CN(C(=O)C1CCC(F)(F)CC1)C(CN)C1CC1. The van der Waals surface area contributed by atoms with E-state index < -0.39 is 5.92 Å². The van der Waals surface area contributed by atoms with E-state index in [1.54, 1.807) is 11.9 Å². The lowest BCUT2D eigenvalue weighted by atomic mass is 9.85. The molecule has 2 N–H and O–H groups in total. The van der Waals surface area contributed by atoms with Gasteiger partial charge in [-0.15, -0.1) is 0 Å². The van der Waals surface area contributed by atoms with Crippen molar-refractivity contribution in [2.24, 2.45) is 17.6 Å². The Bertz CT molecular complexity index is 308. The molecule has 0 aromatic heterocycles. The predicted octanol–water partition coefficient (Wildman–Crippen LogP) is 2.01. The highest BCUT2D eigenvalue weighted by molar-refractivity contribution is 5.79. The summed E-state index contributed by atoms with van der Waals surface area (Å²) >= 11 is 0. The van der Waals surface area contributed by atoms with Gasteiger partial charge in [-0.25, -0.2) is 8.78 Å². The maximum Gasteiger partial charge on any atom is 0.248 e. The molecule has 0 spiro atoms. The summed E-state index contributed by atoms with van der Waals surface area (Å²) in [5.74, 6) is -2.27. The average Bonchev–Trinajstić information content (AvgIpc) is 3.13. The number of hydrogen-bond donors (Lipinski definition) is 1. The molecular formula is C13H22F2N2O. The van der Waals surface area contributed by atoms with Crippen LogP contribution in [0.3, 0.4) is 0 Å². The summed E-state index contributed by atoms with van der Waals surface area (Å²) in [7, 11) is 1.77. The lowest BCUT2D eigenvalue weighted by molar-refractivity contribution is -0.140. The van der Waals surface area contributed by atoms with Crippen molar-refractivity contribution in [1.82, 2.24) is 4.90 Å². The Morgan fingerprint density at radius 3 is 2.33 bits per heavy atom. The minimum atomic E-state index is -2.57. The molecule has 0 saturated heterocycles. The van der Waals surface area contributed by atoms with Gasteiger partial charge in [0.25, 0.3) is 0 Å². The van der Waals surface area contributed by atoms with Crippen molar-refractivity contribution in [2.45, 2.75) is 50.5 Å². The first-order valence-electron chi connectivity index (χ1n) is 6.79. The molecule has 3 nitrogen and oxygen atoms in total. The Hall–Kier alpha value is -0.710. The van der Waals surface area contributed by atoms with Crippen molar-refractivity contribution in [3.8, 4) is 0 Å². The highest BCUT2D eigenvalue weighted by Gasteiger charge is 2.41. The Balaban J connectivity index is 1.90. The molecule has 2 fully saturated rings. The molecule has 5 heteroatoms. The second-order valence-corrected chi connectivity index (χ2v) is 5.72. The fraction of sp³-hybridized carbons (Fsp3) is 0.923. The third-order valence-corrected chi connectivity index (χ3v) is 4.32. The lowest BCUT2D eigenvalue weighted by Gasteiger charge is -2.34. The van der Waals surface area contributed by atoms with E-state index in [0.29, 0.717) is 25.3 Å². The summed E-state index contributed by atoms with van der Waals surface area (Å²) in [5.41, 5.74) is 5.71. The first-order valence-corrected chi connectivity index (χ1v) is 6.79. The predicted molar refractivity (Wildman–Crippen MR) is 65.2 cm³/mol. The maximum atomic E-state index is 13.1. The molecule has 0 aliphatic heterocycles. The van der Waals surface area contributed by atoms with Crippen molar-refractivity contribution in [3.63, 3.8) is 0 Å². The molecule has 1 amide bonds. The fourth-order valence-electron chi connectivity index (χ4n) is 2.89. The number of rotatable bonds is 4. The molecule has 0 aromatic carbocycles. The van der Waals surface area contributed by atoms with Crippen molar-refractivity contribution in [1.29, 1.82) is 0 Å². The van der Waals surface area contributed by atoms with Crippen LogP contribution in [0.5, 0.6) is 0 Å². The smallest absolute Gasteiger partial charge is 0.248 e. The summed E-state index contributed by atoms with van der Waals surface area (Å²) < 4.78 is 26.1. The van der Waals surface area contributed by atoms with Crippen LogP contribution in [0.2, 0.25) is 0 Å². The van der Waals surface area contributed by atoms with Crippen LogP contribution in [0, 0.1) is 11.8 Å². The topological polar surface area (TPSA) is 46.3 Å². The molecule has 1 unspecified atom stereocenters. The molecule has 2 rings (SSSR count). The number of carbonyl (C=O) groups excluding carboxylic acids is 1. The van der Waals surface area contributed by atoms with E-state index in [9.17, 15) is 13.6 Å². The Labute approximate surface area is 107 Å². The van der Waals surface area contributed by atoms with Crippen molar-refractivity contribution in [2.75, 3.05) is 13.6 Å². The molecule has 2 aliphatic rings. The van der Waals surface area contributed by atoms with Gasteiger partial charge in [0.2, 0.25) is 11.8 Å². The zero-order chi connectivity index (χ0) is 13.3. The molecule has 0 radical (unpaired) electrons. The van der Waals surface area contributed by atoms with Crippen LogP contribution in [0.15, 0.2) is 0 Å². The van der Waals surface area contributed by atoms with E-state index in [1.165, 1.54) is 0 Å². The summed E-state index contributed by atoms with van der Waals surface area (Å²) in [6, 6.07) is 0.0972. The summed E-state index contributed by atoms with van der Waals surface area (Å²) in [5, 5.41) is 0. The number of carbonyl (C=O) groups is 1. The van der Waals surface area contributed by atoms with E-state index in [1.807, 2.05) is 0 Å². The molecule has 104 valence electrons. The van der Waals surface area contributed by atoms with Gasteiger partial charge in [0.1, 0.15) is 0 Å². The van der Waals surface area contributed by atoms with Crippen LogP contribution in [0.1, 0.15) is 38.5 Å². The summed E-state index contributed by atoms with van der Waals surface area (Å²) in [6.45, 7) is 0.468. The first kappa shape index (κ1) is 13.7. The largest absolute Gasteiger partial charge is 0.341 e. The van der Waals surface area contributed by atoms with Crippen LogP contribution >= 0.6 is 0 Å². The first-order chi connectivity index (χ1) is 8.44.